The second-order valence-corrected chi connectivity index (χ2v) is 6.77. The van der Waals surface area contributed by atoms with Crippen LogP contribution in [0.4, 0.5) is 0 Å². The van der Waals surface area contributed by atoms with E-state index in [4.69, 9.17) is 4.74 Å². The highest BCUT2D eigenvalue weighted by Crippen LogP contribution is 2.51. The van der Waals surface area contributed by atoms with Gasteiger partial charge in [-0.1, -0.05) is 13.8 Å². The lowest BCUT2D eigenvalue weighted by molar-refractivity contribution is -0.0921. The maximum atomic E-state index is 11.0. The lowest BCUT2D eigenvalue weighted by atomic mass is 9.59. The summed E-state index contributed by atoms with van der Waals surface area (Å²) in [6.45, 7) is 5.84. The van der Waals surface area contributed by atoms with Crippen LogP contribution in [0.3, 0.4) is 0 Å². The summed E-state index contributed by atoms with van der Waals surface area (Å²) in [4.78, 5) is 0. The van der Waals surface area contributed by atoms with Gasteiger partial charge in [0.05, 0.1) is 17.1 Å². The molecule has 0 amide bonds. The van der Waals surface area contributed by atoms with Gasteiger partial charge in [0.1, 0.15) is 0 Å². The summed E-state index contributed by atoms with van der Waals surface area (Å²) >= 11 is 0. The minimum absolute atomic E-state index is 0.536. The van der Waals surface area contributed by atoms with Crippen LogP contribution in [0.2, 0.25) is 0 Å². The van der Waals surface area contributed by atoms with E-state index in [1.54, 1.807) is 0 Å². The van der Waals surface area contributed by atoms with Crippen LogP contribution in [0.5, 0.6) is 0 Å². The Kier molecular flexibility index (Phi) is 4.53. The van der Waals surface area contributed by atoms with Crippen molar-refractivity contribution < 1.29 is 9.84 Å². The Hall–Kier alpha value is -0.590. The van der Waals surface area contributed by atoms with Crippen molar-refractivity contribution in [2.75, 3.05) is 13.2 Å². The number of hydrogen-bond donors (Lipinski definition) is 1. The highest BCUT2D eigenvalue weighted by molar-refractivity contribution is 5.13. The summed E-state index contributed by atoms with van der Waals surface area (Å²) in [6.07, 6.45) is 6.06. The maximum absolute atomic E-state index is 11.0. The van der Waals surface area contributed by atoms with Gasteiger partial charge in [0, 0.05) is 19.6 Å². The first-order valence-electron chi connectivity index (χ1n) is 7.74. The molecule has 0 aromatic carbocycles. The van der Waals surface area contributed by atoms with Gasteiger partial charge >= 0.3 is 0 Å². The fourth-order valence-corrected chi connectivity index (χ4v) is 3.89. The van der Waals surface area contributed by atoms with Crippen molar-refractivity contribution in [2.45, 2.75) is 64.4 Å². The largest absolute Gasteiger partial charge is 0.388 e. The van der Waals surface area contributed by atoms with Crippen molar-refractivity contribution in [3.8, 4) is 6.07 Å². The molecule has 3 nitrogen and oxygen atoms in total. The van der Waals surface area contributed by atoms with E-state index in [-0.39, 0.29) is 0 Å². The van der Waals surface area contributed by atoms with E-state index in [0.717, 1.165) is 38.7 Å². The molecule has 1 saturated heterocycles. The van der Waals surface area contributed by atoms with E-state index in [1.165, 1.54) is 0 Å². The van der Waals surface area contributed by atoms with Gasteiger partial charge in [-0.05, 0) is 50.4 Å². The van der Waals surface area contributed by atoms with Crippen LogP contribution in [0.1, 0.15) is 58.8 Å². The van der Waals surface area contributed by atoms with E-state index < -0.39 is 11.0 Å². The molecular formula is C16H27NO2. The van der Waals surface area contributed by atoms with Crippen LogP contribution < -0.4 is 0 Å². The van der Waals surface area contributed by atoms with Crippen molar-refractivity contribution in [2.24, 2.45) is 17.3 Å². The minimum Gasteiger partial charge on any atom is -0.388 e. The highest BCUT2D eigenvalue weighted by Gasteiger charge is 2.52. The van der Waals surface area contributed by atoms with Gasteiger partial charge in [0.25, 0.3) is 0 Å². The molecule has 1 heterocycles. The first-order chi connectivity index (χ1) is 9.03. The summed E-state index contributed by atoms with van der Waals surface area (Å²) < 4.78 is 5.46. The van der Waals surface area contributed by atoms with Gasteiger partial charge in [0.2, 0.25) is 0 Å². The van der Waals surface area contributed by atoms with Gasteiger partial charge in [-0.25, -0.2) is 0 Å². The second-order valence-electron chi connectivity index (χ2n) is 6.77. The minimum atomic E-state index is -0.833. The second kappa shape index (κ2) is 5.81. The van der Waals surface area contributed by atoms with Gasteiger partial charge in [-0.2, -0.15) is 5.26 Å². The Bertz CT molecular complexity index is 329. The molecule has 108 valence electrons. The zero-order valence-corrected chi connectivity index (χ0v) is 12.3. The fourth-order valence-electron chi connectivity index (χ4n) is 3.89. The Morgan fingerprint density at radius 1 is 1.16 bits per heavy atom. The van der Waals surface area contributed by atoms with Gasteiger partial charge in [-0.3, -0.25) is 0 Å². The normalized spacial score (nSPS) is 40.7. The standard InChI is InChI=1S/C16H27NO2/c1-13(2)14-4-7-15(12-17,8-5-14)16(18)6-3-10-19-11-9-16/h13-14,18H,3-11H2,1-2H3. The number of nitrogens with zero attached hydrogens (tertiary/aromatic N) is 1. The van der Waals surface area contributed by atoms with Crippen molar-refractivity contribution in [1.82, 2.24) is 0 Å². The first kappa shape index (κ1) is 14.8. The Labute approximate surface area is 117 Å². The van der Waals surface area contributed by atoms with Crippen LogP contribution in [0.15, 0.2) is 0 Å². The first-order valence-corrected chi connectivity index (χ1v) is 7.74. The molecule has 1 aliphatic heterocycles. The number of nitriles is 1. The van der Waals surface area contributed by atoms with Gasteiger partial charge < -0.3 is 9.84 Å². The molecule has 0 aromatic rings. The third-order valence-corrected chi connectivity index (χ3v) is 5.47. The number of rotatable bonds is 2. The average Bonchev–Trinajstić information content (AvgIpc) is 2.64. The van der Waals surface area contributed by atoms with Crippen LogP contribution in [0.25, 0.3) is 0 Å². The third kappa shape index (κ3) is 2.80. The van der Waals surface area contributed by atoms with E-state index in [0.29, 0.717) is 31.3 Å². The third-order valence-electron chi connectivity index (χ3n) is 5.47. The van der Waals surface area contributed by atoms with Crippen molar-refractivity contribution in [1.29, 1.82) is 5.26 Å². The Morgan fingerprint density at radius 2 is 1.84 bits per heavy atom. The molecule has 0 radical (unpaired) electrons. The number of hydrogen-bond acceptors (Lipinski definition) is 3. The molecular weight excluding hydrogens is 238 g/mol. The monoisotopic (exact) mass is 265 g/mol. The molecule has 19 heavy (non-hydrogen) atoms. The SMILES string of the molecule is CC(C)C1CCC(C#N)(C2(O)CCCOCC2)CC1. The molecule has 2 rings (SSSR count). The zero-order valence-electron chi connectivity index (χ0n) is 12.3. The molecule has 1 atom stereocenters. The van der Waals surface area contributed by atoms with E-state index >= 15 is 0 Å². The lowest BCUT2D eigenvalue weighted by Crippen LogP contribution is -2.50. The van der Waals surface area contributed by atoms with E-state index in [2.05, 4.69) is 19.9 Å². The fraction of sp³-hybridized carbons (Fsp3) is 0.938. The predicted octanol–water partition coefficient (Wildman–Crippen LogP) is 3.27. The molecule has 3 heteroatoms. The Morgan fingerprint density at radius 3 is 2.42 bits per heavy atom. The number of aliphatic hydroxyl groups is 1. The average molecular weight is 265 g/mol. The molecule has 1 N–H and O–H groups in total. The molecule has 2 aliphatic rings. The maximum Gasteiger partial charge on any atom is 0.0861 e. The van der Waals surface area contributed by atoms with Crippen LogP contribution >= 0.6 is 0 Å². The van der Waals surface area contributed by atoms with Crippen LogP contribution in [0, 0.1) is 28.6 Å². The molecule has 1 unspecified atom stereocenters. The quantitative estimate of drug-likeness (QED) is 0.833. The van der Waals surface area contributed by atoms with Crippen LogP contribution in [-0.2, 0) is 4.74 Å². The summed E-state index contributed by atoms with van der Waals surface area (Å²) in [5.41, 5.74) is -1.37. The molecule has 2 fully saturated rings. The lowest BCUT2D eigenvalue weighted by Gasteiger charge is -2.46. The van der Waals surface area contributed by atoms with Gasteiger partial charge in [0.15, 0.2) is 0 Å². The molecule has 0 aromatic heterocycles. The van der Waals surface area contributed by atoms with E-state index in [1.807, 2.05) is 0 Å². The highest BCUT2D eigenvalue weighted by atomic mass is 16.5. The molecule has 1 aliphatic carbocycles. The van der Waals surface area contributed by atoms with Crippen molar-refractivity contribution >= 4 is 0 Å². The molecule has 1 saturated carbocycles. The summed E-state index contributed by atoms with van der Waals surface area (Å²) in [7, 11) is 0. The summed E-state index contributed by atoms with van der Waals surface area (Å²) in [5.74, 6) is 1.40. The van der Waals surface area contributed by atoms with Crippen molar-refractivity contribution in [3.63, 3.8) is 0 Å². The van der Waals surface area contributed by atoms with Crippen molar-refractivity contribution in [3.05, 3.63) is 0 Å². The smallest absolute Gasteiger partial charge is 0.0861 e. The number of ether oxygens (including phenoxy) is 1. The van der Waals surface area contributed by atoms with Crippen LogP contribution in [-0.4, -0.2) is 23.9 Å². The Balaban J connectivity index is 2.13. The predicted molar refractivity (Wildman–Crippen MR) is 74.5 cm³/mol. The summed E-state index contributed by atoms with van der Waals surface area (Å²) in [6, 6.07) is 2.51. The zero-order chi connectivity index (χ0) is 13.9. The molecule has 0 spiro atoms. The van der Waals surface area contributed by atoms with Gasteiger partial charge in [-0.15, -0.1) is 0 Å². The molecule has 0 bridgehead atoms. The summed E-state index contributed by atoms with van der Waals surface area (Å²) in [5, 5.41) is 20.8. The van der Waals surface area contributed by atoms with E-state index in [9.17, 15) is 10.4 Å². The topological polar surface area (TPSA) is 53.2 Å².